The summed E-state index contributed by atoms with van der Waals surface area (Å²) in [5.74, 6) is -0.714. The lowest BCUT2D eigenvalue weighted by Gasteiger charge is -2.34. The number of fused-ring (bicyclic) bond motifs is 3. The van der Waals surface area contributed by atoms with E-state index in [-0.39, 0.29) is 23.8 Å². The highest BCUT2D eigenvalue weighted by molar-refractivity contribution is 6.20. The molecule has 3 aromatic rings. The molecular formula is C25H25ClF2N4O4. The summed E-state index contributed by atoms with van der Waals surface area (Å²) in [4.78, 5) is 15.4. The Bertz CT molecular complexity index is 1260. The number of aliphatic hydroxyl groups excluding tert-OH is 2. The van der Waals surface area contributed by atoms with Crippen molar-refractivity contribution >= 4 is 28.9 Å². The molecule has 1 fully saturated rings. The molecule has 36 heavy (non-hydrogen) atoms. The minimum Gasteiger partial charge on any atom is -0.420 e. The van der Waals surface area contributed by atoms with E-state index in [1.807, 2.05) is 13.8 Å². The molecular weight excluding hydrogens is 494 g/mol. The largest absolute Gasteiger partial charge is 0.487 e. The summed E-state index contributed by atoms with van der Waals surface area (Å²) >= 11 is 4.79. The highest BCUT2D eigenvalue weighted by Gasteiger charge is 2.52. The van der Waals surface area contributed by atoms with E-state index in [4.69, 9.17) is 11.6 Å². The number of amides is 1. The van der Waals surface area contributed by atoms with Crippen LogP contribution in [0.2, 0.25) is 0 Å². The van der Waals surface area contributed by atoms with Crippen molar-refractivity contribution in [2.45, 2.75) is 56.0 Å². The van der Waals surface area contributed by atoms with Crippen molar-refractivity contribution in [2.24, 2.45) is 0 Å². The molecule has 8 nitrogen and oxygen atoms in total. The highest BCUT2D eigenvalue weighted by Crippen LogP contribution is 2.53. The second-order valence-electron chi connectivity index (χ2n) is 9.35. The maximum absolute atomic E-state index is 13.3. The highest BCUT2D eigenvalue weighted by atomic mass is 35.5. The summed E-state index contributed by atoms with van der Waals surface area (Å²) in [6, 6.07) is 10.5. The Morgan fingerprint density at radius 3 is 2.58 bits per heavy atom. The number of nitrogens with one attached hydrogen (secondary N) is 2. The van der Waals surface area contributed by atoms with E-state index in [1.165, 1.54) is 24.3 Å². The SMILES string of the molecule is CC(C)N1c2c(-c3ccn[nH]3)cc(C(=O)Nc3ccc(OC(F)(F)Cl)cc3)cc2C2CC(O)C(O)C21. The molecule has 2 heterocycles. The first-order valence-corrected chi connectivity index (χ1v) is 11.9. The first-order valence-electron chi connectivity index (χ1n) is 11.5. The zero-order valence-corrected chi connectivity index (χ0v) is 20.2. The third-order valence-electron chi connectivity index (χ3n) is 6.73. The number of carbonyl (C=O) groups is 1. The van der Waals surface area contributed by atoms with Crippen LogP contribution in [0, 0.1) is 0 Å². The third kappa shape index (κ3) is 4.40. The number of aromatic amines is 1. The van der Waals surface area contributed by atoms with Crippen molar-refractivity contribution in [2.75, 3.05) is 10.2 Å². The number of hydrogen-bond donors (Lipinski definition) is 4. The standard InChI is InChI=1S/C25H25ClF2N4O4/c1-12(2)32-21-16(17-11-20(33)23(34)22(17)32)9-13(10-18(21)19-7-8-29-31-19)24(35)30-14-3-5-15(6-4-14)36-25(26,27)28/h3-10,12,17,20,22-23,33-34H,11H2,1-2H3,(H,29,31)(H,30,35). The number of ether oxygens (including phenoxy) is 1. The van der Waals surface area contributed by atoms with E-state index in [9.17, 15) is 23.8 Å². The van der Waals surface area contributed by atoms with Gasteiger partial charge in [0.15, 0.2) is 0 Å². The second kappa shape index (κ2) is 9.02. The minimum absolute atomic E-state index is 0.0288. The number of rotatable bonds is 6. The number of halogens is 3. The van der Waals surface area contributed by atoms with Gasteiger partial charge in [-0.15, -0.1) is 8.78 Å². The molecule has 2 aliphatic rings. The predicted octanol–water partition coefficient (Wildman–Crippen LogP) is 4.30. The number of anilines is 2. The molecule has 0 radical (unpaired) electrons. The Balaban J connectivity index is 1.52. The van der Waals surface area contributed by atoms with Gasteiger partial charge in [-0.25, -0.2) is 0 Å². The fourth-order valence-electron chi connectivity index (χ4n) is 5.34. The molecule has 0 saturated heterocycles. The van der Waals surface area contributed by atoms with Crippen molar-refractivity contribution in [3.05, 3.63) is 59.8 Å². The average molecular weight is 519 g/mol. The second-order valence-corrected chi connectivity index (χ2v) is 9.79. The van der Waals surface area contributed by atoms with Crippen LogP contribution < -0.4 is 15.0 Å². The fourth-order valence-corrected chi connectivity index (χ4v) is 5.43. The van der Waals surface area contributed by atoms with Crippen molar-refractivity contribution in [3.8, 4) is 17.0 Å². The quantitative estimate of drug-likeness (QED) is 0.362. The molecule has 1 aliphatic heterocycles. The fraction of sp³-hybridized carbons (Fsp3) is 0.360. The van der Waals surface area contributed by atoms with Crippen molar-refractivity contribution in [1.82, 2.24) is 10.2 Å². The molecule has 1 amide bonds. The number of H-pyrrole nitrogens is 1. The van der Waals surface area contributed by atoms with E-state index in [1.54, 1.807) is 24.4 Å². The zero-order valence-electron chi connectivity index (χ0n) is 19.5. The van der Waals surface area contributed by atoms with Crippen molar-refractivity contribution in [3.63, 3.8) is 0 Å². The monoisotopic (exact) mass is 518 g/mol. The Kier molecular flexibility index (Phi) is 6.14. The molecule has 0 spiro atoms. The molecule has 1 aromatic heterocycles. The molecule has 1 saturated carbocycles. The topological polar surface area (TPSA) is 111 Å². The summed E-state index contributed by atoms with van der Waals surface area (Å²) < 4.78 is 30.0. The lowest BCUT2D eigenvalue weighted by molar-refractivity contribution is -0.0964. The first-order chi connectivity index (χ1) is 17.0. The van der Waals surface area contributed by atoms with Crippen LogP contribution in [-0.2, 0) is 0 Å². The van der Waals surface area contributed by atoms with E-state index in [0.29, 0.717) is 23.4 Å². The summed E-state index contributed by atoms with van der Waals surface area (Å²) in [6.07, 6.45) is 0.222. The average Bonchev–Trinajstić information content (AvgIpc) is 3.51. The maximum atomic E-state index is 13.3. The van der Waals surface area contributed by atoms with E-state index < -0.39 is 23.7 Å². The van der Waals surface area contributed by atoms with Gasteiger partial charge in [-0.3, -0.25) is 9.89 Å². The van der Waals surface area contributed by atoms with Gasteiger partial charge in [0.25, 0.3) is 5.91 Å². The molecule has 11 heteroatoms. The van der Waals surface area contributed by atoms with Crippen LogP contribution in [0.3, 0.4) is 0 Å². The maximum Gasteiger partial charge on any atom is 0.487 e. The lowest BCUT2D eigenvalue weighted by atomic mass is 9.92. The zero-order chi connectivity index (χ0) is 25.8. The summed E-state index contributed by atoms with van der Waals surface area (Å²) in [6.45, 7) is 4.04. The molecule has 190 valence electrons. The van der Waals surface area contributed by atoms with Gasteiger partial charge in [-0.2, -0.15) is 5.10 Å². The number of benzene rings is 2. The molecule has 4 N–H and O–H groups in total. The van der Waals surface area contributed by atoms with Gasteiger partial charge >= 0.3 is 5.57 Å². The van der Waals surface area contributed by atoms with Crippen LogP contribution in [0.25, 0.3) is 11.3 Å². The van der Waals surface area contributed by atoms with Crippen LogP contribution in [-0.4, -0.2) is 56.2 Å². The number of nitrogens with zero attached hydrogens (tertiary/aromatic N) is 2. The van der Waals surface area contributed by atoms with Gasteiger partial charge in [0.2, 0.25) is 0 Å². The number of alkyl halides is 3. The van der Waals surface area contributed by atoms with Crippen LogP contribution in [0.15, 0.2) is 48.7 Å². The number of aromatic nitrogens is 2. The molecule has 4 unspecified atom stereocenters. The Morgan fingerprint density at radius 2 is 1.97 bits per heavy atom. The summed E-state index contributed by atoms with van der Waals surface area (Å²) in [5, 5.41) is 31.0. The van der Waals surface area contributed by atoms with Crippen molar-refractivity contribution < 1.29 is 28.5 Å². The van der Waals surface area contributed by atoms with E-state index in [0.717, 1.165) is 16.8 Å². The number of hydrogen-bond acceptors (Lipinski definition) is 6. The van der Waals surface area contributed by atoms with Crippen LogP contribution in [0.4, 0.5) is 20.2 Å². The molecule has 1 aliphatic carbocycles. The Labute approximate surface area is 210 Å². The van der Waals surface area contributed by atoms with E-state index in [2.05, 4.69) is 25.2 Å². The number of carbonyl (C=O) groups excluding carboxylic acids is 1. The molecule has 2 aromatic carbocycles. The normalized spacial score (nSPS) is 23.1. The van der Waals surface area contributed by atoms with Gasteiger partial charge in [-0.1, -0.05) is 0 Å². The van der Waals surface area contributed by atoms with Crippen LogP contribution >= 0.6 is 11.6 Å². The van der Waals surface area contributed by atoms with Gasteiger partial charge in [0.1, 0.15) is 11.9 Å². The van der Waals surface area contributed by atoms with Gasteiger partial charge < -0.3 is 25.2 Å². The Morgan fingerprint density at radius 1 is 1.25 bits per heavy atom. The van der Waals surface area contributed by atoms with Gasteiger partial charge in [-0.05, 0) is 68.3 Å². The molecule has 0 bridgehead atoms. The molecule has 4 atom stereocenters. The summed E-state index contributed by atoms with van der Waals surface area (Å²) in [5.41, 5.74) is 0.151. The van der Waals surface area contributed by atoms with Gasteiger partial charge in [0.05, 0.1) is 23.5 Å². The third-order valence-corrected chi connectivity index (χ3v) is 6.80. The lowest BCUT2D eigenvalue weighted by Crippen LogP contribution is -2.46. The first kappa shape index (κ1) is 24.5. The Hall–Kier alpha value is -3.21. The van der Waals surface area contributed by atoms with E-state index >= 15 is 0 Å². The summed E-state index contributed by atoms with van der Waals surface area (Å²) in [7, 11) is 0. The van der Waals surface area contributed by atoms with Crippen LogP contribution in [0.1, 0.15) is 42.1 Å². The molecule has 5 rings (SSSR count). The van der Waals surface area contributed by atoms with Gasteiger partial charge in [0, 0.05) is 46.6 Å². The van der Waals surface area contributed by atoms with Crippen LogP contribution in [0.5, 0.6) is 5.75 Å². The number of aliphatic hydroxyl groups is 2. The van der Waals surface area contributed by atoms with Crippen molar-refractivity contribution in [1.29, 1.82) is 0 Å². The minimum atomic E-state index is -3.83. The predicted molar refractivity (Wildman–Crippen MR) is 131 cm³/mol. The smallest absolute Gasteiger partial charge is 0.420 e.